The Hall–Kier alpha value is -0.580. The van der Waals surface area contributed by atoms with Crippen LogP contribution in [0, 0.1) is 0 Å². The molecule has 0 N–H and O–H groups in total. The SMILES string of the molecule is CCC1CCSC(CCc2ccc(Cl)cc2)(Cn2ccnc2)S1. The number of nitrogens with zero attached hydrogens (tertiary/aromatic N) is 2. The smallest absolute Gasteiger partial charge is 0.0946 e. The van der Waals surface area contributed by atoms with Gasteiger partial charge in [-0.2, -0.15) is 0 Å². The van der Waals surface area contributed by atoms with Crippen LogP contribution in [0.15, 0.2) is 43.0 Å². The molecule has 0 radical (unpaired) electrons. The number of aryl methyl sites for hydroxylation is 1. The van der Waals surface area contributed by atoms with Crippen LogP contribution >= 0.6 is 35.1 Å². The highest BCUT2D eigenvalue weighted by Crippen LogP contribution is 2.50. The van der Waals surface area contributed by atoms with Gasteiger partial charge in [-0.3, -0.25) is 0 Å². The molecule has 1 fully saturated rings. The number of benzene rings is 1. The summed E-state index contributed by atoms with van der Waals surface area (Å²) in [5, 5.41) is 1.60. The predicted molar refractivity (Wildman–Crippen MR) is 103 cm³/mol. The van der Waals surface area contributed by atoms with Crippen LogP contribution in [-0.4, -0.2) is 24.6 Å². The zero-order chi connectivity index (χ0) is 16.1. The molecule has 1 aromatic heterocycles. The van der Waals surface area contributed by atoms with Gasteiger partial charge in [0, 0.05) is 29.2 Å². The number of hydrogen-bond donors (Lipinski definition) is 0. The Balaban J connectivity index is 1.72. The number of hydrogen-bond acceptors (Lipinski definition) is 3. The quantitative estimate of drug-likeness (QED) is 0.670. The molecule has 124 valence electrons. The van der Waals surface area contributed by atoms with E-state index in [-0.39, 0.29) is 4.08 Å². The van der Waals surface area contributed by atoms with E-state index in [0.29, 0.717) is 0 Å². The van der Waals surface area contributed by atoms with Gasteiger partial charge in [0.25, 0.3) is 0 Å². The van der Waals surface area contributed by atoms with Gasteiger partial charge in [0.15, 0.2) is 0 Å². The lowest BCUT2D eigenvalue weighted by atomic mass is 10.1. The van der Waals surface area contributed by atoms with Crippen LogP contribution < -0.4 is 0 Å². The molecule has 3 rings (SSSR count). The van der Waals surface area contributed by atoms with E-state index in [1.807, 2.05) is 24.7 Å². The zero-order valence-corrected chi connectivity index (χ0v) is 15.8. The van der Waals surface area contributed by atoms with Crippen molar-refractivity contribution in [3.8, 4) is 0 Å². The number of rotatable bonds is 6. The van der Waals surface area contributed by atoms with E-state index >= 15 is 0 Å². The maximum atomic E-state index is 6.00. The minimum absolute atomic E-state index is 0.249. The maximum absolute atomic E-state index is 6.00. The molecule has 0 saturated carbocycles. The first-order chi connectivity index (χ1) is 11.2. The van der Waals surface area contributed by atoms with Crippen LogP contribution in [0.3, 0.4) is 0 Å². The average molecular weight is 367 g/mol. The van der Waals surface area contributed by atoms with Crippen LogP contribution in [0.1, 0.15) is 31.7 Å². The molecule has 0 spiro atoms. The molecule has 2 heterocycles. The van der Waals surface area contributed by atoms with Gasteiger partial charge in [0.1, 0.15) is 0 Å². The van der Waals surface area contributed by atoms with Crippen molar-refractivity contribution in [3.63, 3.8) is 0 Å². The molecule has 2 unspecified atom stereocenters. The monoisotopic (exact) mass is 366 g/mol. The van der Waals surface area contributed by atoms with Crippen molar-refractivity contribution >= 4 is 35.1 Å². The van der Waals surface area contributed by atoms with Gasteiger partial charge < -0.3 is 4.57 Å². The highest BCUT2D eigenvalue weighted by molar-refractivity contribution is 8.19. The number of thioether (sulfide) groups is 2. The standard InChI is InChI=1S/C18H23ClN2S2/c1-2-17-8-12-22-18(23-17,13-21-11-10-20-14-21)9-7-15-3-5-16(19)6-4-15/h3-6,10-11,14,17H,2,7-9,12-13H2,1H3. The molecule has 1 aliphatic heterocycles. The third-order valence-corrected chi connectivity index (χ3v) is 8.19. The second-order valence-electron chi connectivity index (χ2n) is 6.06. The topological polar surface area (TPSA) is 17.8 Å². The fourth-order valence-corrected chi connectivity index (χ4v) is 6.92. The van der Waals surface area contributed by atoms with Gasteiger partial charge in [0.2, 0.25) is 0 Å². The second-order valence-corrected chi connectivity index (χ2v) is 9.91. The molecule has 0 bridgehead atoms. The van der Waals surface area contributed by atoms with Crippen LogP contribution in [0.5, 0.6) is 0 Å². The van der Waals surface area contributed by atoms with Crippen LogP contribution in [0.4, 0.5) is 0 Å². The van der Waals surface area contributed by atoms with Gasteiger partial charge in [0.05, 0.1) is 10.4 Å². The molecule has 1 aromatic carbocycles. The predicted octanol–water partition coefficient (Wildman–Crippen LogP) is 5.51. The Morgan fingerprint density at radius 1 is 1.35 bits per heavy atom. The lowest BCUT2D eigenvalue weighted by Gasteiger charge is -2.40. The molecule has 23 heavy (non-hydrogen) atoms. The van der Waals surface area contributed by atoms with Crippen molar-refractivity contribution in [2.24, 2.45) is 0 Å². The third kappa shape index (κ3) is 4.71. The lowest BCUT2D eigenvalue weighted by molar-refractivity contribution is 0.578. The Bertz CT molecular complexity index is 600. The third-order valence-electron chi connectivity index (χ3n) is 4.33. The largest absolute Gasteiger partial charge is 0.335 e. The van der Waals surface area contributed by atoms with Crippen LogP contribution in [0.2, 0.25) is 5.02 Å². The van der Waals surface area contributed by atoms with E-state index in [9.17, 15) is 0 Å². The van der Waals surface area contributed by atoms with E-state index in [1.54, 1.807) is 0 Å². The summed E-state index contributed by atoms with van der Waals surface area (Å²) in [4.78, 5) is 4.22. The molecule has 2 atom stereocenters. The number of aromatic nitrogens is 2. The van der Waals surface area contributed by atoms with Gasteiger partial charge in [-0.05, 0) is 49.1 Å². The first-order valence-electron chi connectivity index (χ1n) is 8.21. The summed E-state index contributed by atoms with van der Waals surface area (Å²) >= 11 is 10.3. The molecule has 2 nitrogen and oxygen atoms in total. The Morgan fingerprint density at radius 3 is 2.87 bits per heavy atom. The summed E-state index contributed by atoms with van der Waals surface area (Å²) < 4.78 is 2.49. The molecule has 0 amide bonds. The zero-order valence-electron chi connectivity index (χ0n) is 13.5. The molecular weight excluding hydrogens is 344 g/mol. The molecule has 0 aliphatic carbocycles. The lowest BCUT2D eigenvalue weighted by Crippen LogP contribution is -2.34. The Morgan fingerprint density at radius 2 is 2.17 bits per heavy atom. The summed E-state index contributed by atoms with van der Waals surface area (Å²) in [6.07, 6.45) is 10.8. The van der Waals surface area contributed by atoms with Gasteiger partial charge in [-0.25, -0.2) is 4.98 Å². The first kappa shape index (κ1) is 17.2. The minimum atomic E-state index is 0.249. The number of halogens is 1. The molecule has 2 aromatic rings. The minimum Gasteiger partial charge on any atom is -0.335 e. The van der Waals surface area contributed by atoms with Gasteiger partial charge >= 0.3 is 0 Å². The van der Waals surface area contributed by atoms with Crippen molar-refractivity contribution in [2.75, 3.05) is 5.75 Å². The van der Waals surface area contributed by atoms with Gasteiger partial charge in [-0.1, -0.05) is 30.7 Å². The van der Waals surface area contributed by atoms with Crippen molar-refractivity contribution in [1.82, 2.24) is 9.55 Å². The summed E-state index contributed by atoms with van der Waals surface area (Å²) in [5.74, 6) is 1.26. The van der Waals surface area contributed by atoms with E-state index in [0.717, 1.165) is 23.2 Å². The molecule has 1 aliphatic rings. The fourth-order valence-electron chi connectivity index (χ4n) is 3.00. The van der Waals surface area contributed by atoms with Crippen LogP contribution in [0.25, 0.3) is 0 Å². The molecule has 1 saturated heterocycles. The van der Waals surface area contributed by atoms with E-state index in [4.69, 9.17) is 11.6 Å². The van der Waals surface area contributed by atoms with Crippen molar-refractivity contribution in [3.05, 3.63) is 53.6 Å². The first-order valence-corrected chi connectivity index (χ1v) is 10.5. The van der Waals surface area contributed by atoms with Crippen molar-refractivity contribution in [2.45, 2.75) is 48.5 Å². The maximum Gasteiger partial charge on any atom is 0.0946 e. The summed E-state index contributed by atoms with van der Waals surface area (Å²) in [7, 11) is 0. The fraction of sp³-hybridized carbons (Fsp3) is 0.500. The Kier molecular flexibility index (Phi) is 6.00. The Labute approximate surface area is 152 Å². The second kappa shape index (κ2) is 8.00. The highest BCUT2D eigenvalue weighted by atomic mass is 35.5. The van der Waals surface area contributed by atoms with Gasteiger partial charge in [-0.15, -0.1) is 23.5 Å². The number of imidazole rings is 1. The molecule has 5 heteroatoms. The highest BCUT2D eigenvalue weighted by Gasteiger charge is 2.37. The summed E-state index contributed by atoms with van der Waals surface area (Å²) in [6, 6.07) is 8.30. The average Bonchev–Trinajstić information content (AvgIpc) is 3.07. The molecular formula is C18H23ClN2S2. The van der Waals surface area contributed by atoms with E-state index in [1.165, 1.54) is 30.6 Å². The van der Waals surface area contributed by atoms with Crippen LogP contribution in [-0.2, 0) is 13.0 Å². The van der Waals surface area contributed by atoms with Crippen molar-refractivity contribution in [1.29, 1.82) is 0 Å². The summed E-state index contributed by atoms with van der Waals surface area (Å²) in [6.45, 7) is 3.35. The van der Waals surface area contributed by atoms with E-state index < -0.39 is 0 Å². The normalized spacial score (nSPS) is 24.7. The summed E-state index contributed by atoms with van der Waals surface area (Å²) in [5.41, 5.74) is 1.37. The van der Waals surface area contributed by atoms with E-state index in [2.05, 4.69) is 58.3 Å². The van der Waals surface area contributed by atoms with Crippen molar-refractivity contribution < 1.29 is 0 Å².